The average Bonchev–Trinajstić information content (AvgIpc) is 2.87. The first-order valence-corrected chi connectivity index (χ1v) is 14.0. The zero-order valence-electron chi connectivity index (χ0n) is 21.3. The number of aryl methyl sites for hydroxylation is 1. The standard InChI is InChI=1S/C25H33ClN8O2S/c1-4-28-37(35,36)29-16-19-5-10-23(18(2)15-19)31-24-22(26)17-27-25(32-24)30-20-6-8-21(9-7-20)34-13-11-33(3)12-14-34/h5-10,15,17,28-29H,4,11-14,16H2,1-3H3,(H2,27,30,31,32). The van der Waals surface area contributed by atoms with Gasteiger partial charge in [0.15, 0.2) is 5.82 Å². The first-order chi connectivity index (χ1) is 17.7. The summed E-state index contributed by atoms with van der Waals surface area (Å²) in [5.41, 5.74) is 4.64. The Morgan fingerprint density at radius 1 is 1.00 bits per heavy atom. The van der Waals surface area contributed by atoms with Gasteiger partial charge >= 0.3 is 0 Å². The Bertz CT molecular complexity index is 1310. The van der Waals surface area contributed by atoms with Crippen molar-refractivity contribution in [2.75, 3.05) is 55.3 Å². The van der Waals surface area contributed by atoms with E-state index in [1.807, 2.05) is 37.3 Å². The number of rotatable bonds is 10. The van der Waals surface area contributed by atoms with Crippen molar-refractivity contribution >= 4 is 50.6 Å². The predicted molar refractivity (Wildman–Crippen MR) is 150 cm³/mol. The molecule has 12 heteroatoms. The maximum atomic E-state index is 11.8. The van der Waals surface area contributed by atoms with Crippen molar-refractivity contribution in [1.29, 1.82) is 0 Å². The van der Waals surface area contributed by atoms with Crippen LogP contribution in [0.4, 0.5) is 28.8 Å². The molecule has 1 fully saturated rings. The average molecular weight is 545 g/mol. The van der Waals surface area contributed by atoms with Crippen LogP contribution in [-0.4, -0.2) is 63.1 Å². The minimum atomic E-state index is -3.51. The number of hydrogen-bond acceptors (Lipinski definition) is 8. The molecule has 0 amide bonds. The van der Waals surface area contributed by atoms with Crippen molar-refractivity contribution in [3.63, 3.8) is 0 Å². The number of nitrogens with zero attached hydrogens (tertiary/aromatic N) is 4. The number of aromatic nitrogens is 2. The summed E-state index contributed by atoms with van der Waals surface area (Å²) in [7, 11) is -1.36. The van der Waals surface area contributed by atoms with Crippen molar-refractivity contribution in [2.24, 2.45) is 0 Å². The van der Waals surface area contributed by atoms with Gasteiger partial charge in [-0.15, -0.1) is 0 Å². The van der Waals surface area contributed by atoms with Gasteiger partial charge in [-0.05, 0) is 55.4 Å². The van der Waals surface area contributed by atoms with E-state index in [-0.39, 0.29) is 6.54 Å². The molecule has 0 spiro atoms. The first-order valence-electron chi connectivity index (χ1n) is 12.2. The summed E-state index contributed by atoms with van der Waals surface area (Å²) in [5, 5.41) is 6.89. The molecule has 2 heterocycles. The molecule has 1 saturated heterocycles. The highest BCUT2D eigenvalue weighted by molar-refractivity contribution is 7.87. The van der Waals surface area contributed by atoms with Crippen LogP contribution < -0.4 is 25.0 Å². The summed E-state index contributed by atoms with van der Waals surface area (Å²) in [6.07, 6.45) is 1.55. The lowest BCUT2D eigenvalue weighted by molar-refractivity contribution is 0.313. The molecule has 0 atom stereocenters. The molecule has 37 heavy (non-hydrogen) atoms. The van der Waals surface area contributed by atoms with Crippen molar-refractivity contribution in [2.45, 2.75) is 20.4 Å². The molecule has 0 bridgehead atoms. The number of anilines is 5. The maximum absolute atomic E-state index is 11.8. The van der Waals surface area contributed by atoms with Crippen LogP contribution in [0.15, 0.2) is 48.7 Å². The van der Waals surface area contributed by atoms with Gasteiger partial charge in [0.05, 0.1) is 6.20 Å². The molecule has 4 N–H and O–H groups in total. The Morgan fingerprint density at radius 2 is 1.73 bits per heavy atom. The van der Waals surface area contributed by atoms with Gasteiger partial charge in [-0.1, -0.05) is 30.7 Å². The van der Waals surface area contributed by atoms with Crippen molar-refractivity contribution in [3.05, 3.63) is 64.8 Å². The van der Waals surface area contributed by atoms with E-state index in [1.165, 1.54) is 5.69 Å². The molecule has 1 aliphatic heterocycles. The highest BCUT2D eigenvalue weighted by Gasteiger charge is 2.14. The number of likely N-dealkylation sites (N-methyl/N-ethyl adjacent to an activating group) is 1. The van der Waals surface area contributed by atoms with E-state index in [9.17, 15) is 8.42 Å². The van der Waals surface area contributed by atoms with Crippen LogP contribution >= 0.6 is 11.6 Å². The summed E-state index contributed by atoms with van der Waals surface area (Å²) in [6, 6.07) is 13.9. The third kappa shape index (κ3) is 7.53. The lowest BCUT2D eigenvalue weighted by Crippen LogP contribution is -2.44. The number of halogens is 1. The Morgan fingerprint density at radius 3 is 2.41 bits per heavy atom. The van der Waals surface area contributed by atoms with Crippen molar-refractivity contribution < 1.29 is 8.42 Å². The van der Waals surface area contributed by atoms with Gasteiger partial charge in [0, 0.05) is 56.3 Å². The fraction of sp³-hybridized carbons (Fsp3) is 0.360. The van der Waals surface area contributed by atoms with Gasteiger partial charge in [0.25, 0.3) is 10.2 Å². The van der Waals surface area contributed by atoms with E-state index in [1.54, 1.807) is 13.1 Å². The molecule has 3 aromatic rings. The van der Waals surface area contributed by atoms with Crippen LogP contribution in [0, 0.1) is 6.92 Å². The first kappa shape index (κ1) is 27.1. The second kappa shape index (κ2) is 12.1. The van der Waals surface area contributed by atoms with E-state index in [0.717, 1.165) is 48.7 Å². The highest BCUT2D eigenvalue weighted by atomic mass is 35.5. The summed E-state index contributed by atoms with van der Waals surface area (Å²) >= 11 is 6.37. The van der Waals surface area contributed by atoms with Gasteiger partial charge in [-0.2, -0.15) is 18.1 Å². The summed E-state index contributed by atoms with van der Waals surface area (Å²) < 4.78 is 28.6. The predicted octanol–water partition coefficient (Wildman–Crippen LogP) is 3.62. The van der Waals surface area contributed by atoms with Gasteiger partial charge in [-0.25, -0.2) is 9.71 Å². The van der Waals surface area contributed by atoms with Crippen LogP contribution in [-0.2, 0) is 16.8 Å². The smallest absolute Gasteiger partial charge is 0.277 e. The van der Waals surface area contributed by atoms with Crippen LogP contribution in [0.5, 0.6) is 0 Å². The van der Waals surface area contributed by atoms with E-state index in [0.29, 0.717) is 23.3 Å². The van der Waals surface area contributed by atoms with Gasteiger partial charge in [0.1, 0.15) is 5.02 Å². The zero-order valence-corrected chi connectivity index (χ0v) is 22.8. The molecular weight excluding hydrogens is 512 g/mol. The molecule has 0 aliphatic carbocycles. The second-order valence-corrected chi connectivity index (χ2v) is 10.9. The van der Waals surface area contributed by atoms with Gasteiger partial charge < -0.3 is 20.4 Å². The van der Waals surface area contributed by atoms with Crippen LogP contribution in [0.3, 0.4) is 0 Å². The molecule has 0 unspecified atom stereocenters. The lowest BCUT2D eigenvalue weighted by Gasteiger charge is -2.34. The molecular formula is C25H33ClN8O2S. The van der Waals surface area contributed by atoms with E-state index < -0.39 is 10.2 Å². The van der Waals surface area contributed by atoms with Gasteiger partial charge in [-0.3, -0.25) is 0 Å². The topological polar surface area (TPSA) is 115 Å². The molecule has 1 aliphatic rings. The summed E-state index contributed by atoms with van der Waals surface area (Å²) in [6.45, 7) is 8.34. The molecule has 0 radical (unpaired) electrons. The molecule has 2 aromatic carbocycles. The highest BCUT2D eigenvalue weighted by Crippen LogP contribution is 2.28. The van der Waals surface area contributed by atoms with Crippen LogP contribution in [0.25, 0.3) is 0 Å². The van der Waals surface area contributed by atoms with Crippen molar-refractivity contribution in [1.82, 2.24) is 24.3 Å². The number of hydrogen-bond donors (Lipinski definition) is 4. The number of benzene rings is 2. The lowest BCUT2D eigenvalue weighted by atomic mass is 10.1. The summed E-state index contributed by atoms with van der Waals surface area (Å²) in [4.78, 5) is 13.6. The Balaban J connectivity index is 1.40. The minimum Gasteiger partial charge on any atom is -0.369 e. The quantitative estimate of drug-likeness (QED) is 0.306. The zero-order chi connectivity index (χ0) is 26.4. The van der Waals surface area contributed by atoms with Crippen LogP contribution in [0.2, 0.25) is 5.02 Å². The Labute approximate surface area is 223 Å². The molecule has 1 aromatic heterocycles. The third-order valence-electron chi connectivity index (χ3n) is 6.08. The molecule has 10 nitrogen and oxygen atoms in total. The van der Waals surface area contributed by atoms with E-state index in [2.05, 4.69) is 59.0 Å². The van der Waals surface area contributed by atoms with Crippen molar-refractivity contribution in [3.8, 4) is 0 Å². The monoisotopic (exact) mass is 544 g/mol. The minimum absolute atomic E-state index is 0.187. The fourth-order valence-electron chi connectivity index (χ4n) is 3.99. The van der Waals surface area contributed by atoms with E-state index in [4.69, 9.17) is 11.6 Å². The number of nitrogens with one attached hydrogen (secondary N) is 4. The summed E-state index contributed by atoms with van der Waals surface area (Å²) in [5.74, 6) is 0.892. The molecule has 198 valence electrons. The van der Waals surface area contributed by atoms with E-state index >= 15 is 0 Å². The number of piperazine rings is 1. The van der Waals surface area contributed by atoms with Crippen LogP contribution in [0.1, 0.15) is 18.1 Å². The second-order valence-electron chi connectivity index (χ2n) is 8.95. The third-order valence-corrected chi connectivity index (χ3v) is 7.55. The Hall–Kier alpha value is -2.96. The van der Waals surface area contributed by atoms with Gasteiger partial charge in [0.2, 0.25) is 5.95 Å². The molecule has 0 saturated carbocycles. The Kier molecular flexibility index (Phi) is 8.83. The normalized spacial score (nSPS) is 14.5. The SMILES string of the molecule is CCNS(=O)(=O)NCc1ccc(Nc2nc(Nc3ccc(N4CCN(C)CC4)cc3)ncc2Cl)c(C)c1. The molecule has 4 rings (SSSR count). The largest absolute Gasteiger partial charge is 0.369 e. The maximum Gasteiger partial charge on any atom is 0.277 e. The fourth-order valence-corrected chi connectivity index (χ4v) is 4.96.